The number of halogens is 3. The van der Waals surface area contributed by atoms with E-state index in [1.165, 1.54) is 38.3 Å². The fraction of sp³-hybridized carbons (Fsp3) is 0.381. The summed E-state index contributed by atoms with van der Waals surface area (Å²) in [5, 5.41) is 12.8. The Morgan fingerprint density at radius 1 is 1.10 bits per heavy atom. The molecule has 1 atom stereocenters. The topological polar surface area (TPSA) is 80.3 Å². The molecular weight excluding hydrogens is 417 g/mol. The Morgan fingerprint density at radius 3 is 2.32 bits per heavy atom. The predicted octanol–water partition coefficient (Wildman–Crippen LogP) is 3.30. The molecule has 170 valence electrons. The Labute approximate surface area is 178 Å². The van der Waals surface area contributed by atoms with Crippen molar-refractivity contribution in [3.8, 4) is 17.2 Å². The molecule has 1 unspecified atom stereocenters. The van der Waals surface area contributed by atoms with Crippen LogP contribution in [0.5, 0.6) is 17.2 Å². The normalized spacial score (nSPS) is 12.1. The van der Waals surface area contributed by atoms with Gasteiger partial charge in [-0.05, 0) is 42.0 Å². The van der Waals surface area contributed by atoms with Crippen molar-refractivity contribution in [3.05, 3.63) is 53.6 Å². The van der Waals surface area contributed by atoms with Crippen LogP contribution in [0.4, 0.5) is 18.0 Å². The van der Waals surface area contributed by atoms with E-state index in [-0.39, 0.29) is 25.4 Å². The first kappa shape index (κ1) is 24.1. The summed E-state index contributed by atoms with van der Waals surface area (Å²) in [4.78, 5) is 13.5. The number of nitrogens with zero attached hydrogens (tertiary/aromatic N) is 1. The Balaban J connectivity index is 1.79. The monoisotopic (exact) mass is 442 g/mol. The average Bonchev–Trinajstić information content (AvgIpc) is 2.75. The largest absolute Gasteiger partial charge is 0.493 e. The molecule has 2 aromatic carbocycles. The van der Waals surface area contributed by atoms with Crippen LogP contribution in [0, 0.1) is 0 Å². The molecule has 0 spiro atoms. The zero-order valence-corrected chi connectivity index (χ0v) is 17.4. The highest BCUT2D eigenvalue weighted by Gasteiger charge is 2.30. The van der Waals surface area contributed by atoms with Crippen molar-refractivity contribution in [1.29, 1.82) is 0 Å². The number of hydrogen-bond acceptors (Lipinski definition) is 5. The van der Waals surface area contributed by atoms with Crippen LogP contribution in [0.3, 0.4) is 0 Å². The summed E-state index contributed by atoms with van der Waals surface area (Å²) in [5.74, 6) is 1.30. The van der Waals surface area contributed by atoms with Crippen molar-refractivity contribution >= 4 is 6.03 Å². The Hall–Kier alpha value is -3.14. The Morgan fingerprint density at radius 2 is 1.74 bits per heavy atom. The summed E-state index contributed by atoms with van der Waals surface area (Å²) in [7, 11) is 4.55. The highest BCUT2D eigenvalue weighted by molar-refractivity contribution is 5.73. The lowest BCUT2D eigenvalue weighted by Gasteiger charge is -2.21. The van der Waals surface area contributed by atoms with Crippen LogP contribution < -0.4 is 19.5 Å². The molecule has 31 heavy (non-hydrogen) atoms. The van der Waals surface area contributed by atoms with Gasteiger partial charge in [0.05, 0.1) is 26.3 Å². The second-order valence-electron chi connectivity index (χ2n) is 6.72. The second-order valence-corrected chi connectivity index (χ2v) is 6.72. The summed E-state index contributed by atoms with van der Waals surface area (Å²) in [6, 6.07) is 8.99. The molecule has 0 saturated carbocycles. The molecule has 0 heterocycles. The number of aliphatic hydroxyl groups excluding tert-OH is 1. The third-order valence-corrected chi connectivity index (χ3v) is 4.35. The third-order valence-electron chi connectivity index (χ3n) is 4.35. The minimum atomic E-state index is -4.43. The van der Waals surface area contributed by atoms with E-state index in [0.717, 1.165) is 17.7 Å². The van der Waals surface area contributed by atoms with Gasteiger partial charge in [-0.15, -0.1) is 0 Å². The van der Waals surface area contributed by atoms with Gasteiger partial charge in [-0.2, -0.15) is 13.2 Å². The number of rotatable bonds is 9. The van der Waals surface area contributed by atoms with Gasteiger partial charge < -0.3 is 29.5 Å². The van der Waals surface area contributed by atoms with E-state index in [2.05, 4.69) is 5.32 Å². The molecule has 2 N–H and O–H groups in total. The molecule has 0 aliphatic rings. The molecular formula is C21H25F3N2O5. The highest BCUT2D eigenvalue weighted by Crippen LogP contribution is 2.30. The summed E-state index contributed by atoms with van der Waals surface area (Å²) in [6.07, 6.45) is -5.45. The van der Waals surface area contributed by atoms with Gasteiger partial charge in [-0.3, -0.25) is 0 Å². The van der Waals surface area contributed by atoms with Crippen molar-refractivity contribution < 1.29 is 37.3 Å². The maximum atomic E-state index is 12.6. The van der Waals surface area contributed by atoms with E-state index >= 15 is 0 Å². The van der Waals surface area contributed by atoms with Gasteiger partial charge in [-0.25, -0.2) is 4.79 Å². The van der Waals surface area contributed by atoms with Gasteiger partial charge in [0.15, 0.2) is 11.5 Å². The van der Waals surface area contributed by atoms with Crippen LogP contribution in [0.15, 0.2) is 42.5 Å². The predicted molar refractivity (Wildman–Crippen MR) is 107 cm³/mol. The molecule has 0 fully saturated rings. The number of likely N-dealkylation sites (N-methyl/N-ethyl adjacent to an activating group) is 1. The van der Waals surface area contributed by atoms with Crippen LogP contribution in [-0.4, -0.2) is 56.6 Å². The number of hydrogen-bond donors (Lipinski definition) is 2. The van der Waals surface area contributed by atoms with Crippen molar-refractivity contribution in [1.82, 2.24) is 10.2 Å². The van der Waals surface area contributed by atoms with E-state index in [1.54, 1.807) is 18.2 Å². The van der Waals surface area contributed by atoms with Crippen LogP contribution in [0.2, 0.25) is 0 Å². The number of ether oxygens (including phenoxy) is 3. The van der Waals surface area contributed by atoms with Crippen LogP contribution in [0.1, 0.15) is 11.1 Å². The number of methoxy groups -OCH3 is 2. The van der Waals surface area contributed by atoms with Gasteiger partial charge in [0.2, 0.25) is 0 Å². The maximum absolute atomic E-state index is 12.6. The van der Waals surface area contributed by atoms with Crippen molar-refractivity contribution in [3.63, 3.8) is 0 Å². The number of carbonyl (C=O) groups is 1. The summed E-state index contributed by atoms with van der Waals surface area (Å²) < 4.78 is 53.4. The highest BCUT2D eigenvalue weighted by atomic mass is 19.4. The van der Waals surface area contributed by atoms with E-state index in [0.29, 0.717) is 11.5 Å². The first-order valence-corrected chi connectivity index (χ1v) is 9.32. The maximum Gasteiger partial charge on any atom is 0.416 e. The number of amides is 2. The fourth-order valence-electron chi connectivity index (χ4n) is 2.69. The molecule has 0 saturated heterocycles. The van der Waals surface area contributed by atoms with Gasteiger partial charge in [-0.1, -0.05) is 6.07 Å². The van der Waals surface area contributed by atoms with E-state index in [1.807, 2.05) is 0 Å². The summed E-state index contributed by atoms with van der Waals surface area (Å²) >= 11 is 0. The number of alkyl halides is 3. The smallest absolute Gasteiger partial charge is 0.416 e. The third kappa shape index (κ3) is 7.25. The minimum Gasteiger partial charge on any atom is -0.493 e. The lowest BCUT2D eigenvalue weighted by Crippen LogP contribution is -2.42. The number of benzene rings is 2. The lowest BCUT2D eigenvalue weighted by atomic mass is 10.2. The van der Waals surface area contributed by atoms with Crippen LogP contribution in [0.25, 0.3) is 0 Å². The van der Waals surface area contributed by atoms with E-state index in [4.69, 9.17) is 14.2 Å². The SMILES string of the molecule is COc1ccc(CNC(=O)N(C)CC(O)COc2ccc(C(F)(F)F)cc2)cc1OC. The van der Waals surface area contributed by atoms with Crippen molar-refractivity contribution in [2.24, 2.45) is 0 Å². The van der Waals surface area contributed by atoms with Crippen molar-refractivity contribution in [2.45, 2.75) is 18.8 Å². The fourth-order valence-corrected chi connectivity index (χ4v) is 2.69. The summed E-state index contributed by atoms with van der Waals surface area (Å²) in [6.45, 7) is 0.0265. The number of nitrogens with one attached hydrogen (secondary N) is 1. The standard InChI is InChI=1S/C21H25F3N2O5/c1-26(20(28)25-11-14-4-9-18(29-2)19(10-14)30-3)12-16(27)13-31-17-7-5-15(6-8-17)21(22,23)24/h4-10,16,27H,11-13H2,1-3H3,(H,25,28). The van der Waals surface area contributed by atoms with Gasteiger partial charge >= 0.3 is 12.2 Å². The van der Waals surface area contributed by atoms with Crippen LogP contribution in [-0.2, 0) is 12.7 Å². The molecule has 0 bridgehead atoms. The molecule has 2 aromatic rings. The molecule has 0 aromatic heterocycles. The zero-order valence-electron chi connectivity index (χ0n) is 17.4. The quantitative estimate of drug-likeness (QED) is 0.623. The average molecular weight is 442 g/mol. The second kappa shape index (κ2) is 10.8. The van der Waals surface area contributed by atoms with Gasteiger partial charge in [0, 0.05) is 13.6 Å². The first-order valence-electron chi connectivity index (χ1n) is 9.32. The number of aliphatic hydroxyl groups is 1. The lowest BCUT2D eigenvalue weighted by molar-refractivity contribution is -0.137. The number of carbonyl (C=O) groups excluding carboxylic acids is 1. The Kier molecular flexibility index (Phi) is 8.38. The molecule has 10 heteroatoms. The van der Waals surface area contributed by atoms with Crippen LogP contribution >= 0.6 is 0 Å². The Bertz CT molecular complexity index is 859. The summed E-state index contributed by atoms with van der Waals surface area (Å²) in [5.41, 5.74) is 0.0110. The molecule has 0 aliphatic carbocycles. The zero-order chi connectivity index (χ0) is 23.0. The molecule has 0 radical (unpaired) electrons. The number of urea groups is 1. The van der Waals surface area contributed by atoms with Crippen molar-refractivity contribution in [2.75, 3.05) is 34.4 Å². The minimum absolute atomic E-state index is 0.0294. The molecule has 0 aliphatic heterocycles. The van der Waals surface area contributed by atoms with E-state index < -0.39 is 23.9 Å². The van der Waals surface area contributed by atoms with Gasteiger partial charge in [0.25, 0.3) is 0 Å². The first-order chi connectivity index (χ1) is 14.6. The van der Waals surface area contributed by atoms with Gasteiger partial charge in [0.1, 0.15) is 18.5 Å². The molecule has 7 nitrogen and oxygen atoms in total. The van der Waals surface area contributed by atoms with E-state index in [9.17, 15) is 23.1 Å². The molecule has 2 rings (SSSR count). The molecule has 2 amide bonds.